The molecule has 21 heavy (non-hydrogen) atoms. The van der Waals surface area contributed by atoms with Crippen molar-refractivity contribution in [3.05, 3.63) is 12.1 Å². The lowest BCUT2D eigenvalue weighted by Gasteiger charge is -2.22. The largest absolute Gasteiger partial charge is 0.476 e. The Balaban J connectivity index is 1.67. The maximum Gasteiger partial charge on any atom is 0.239 e. The van der Waals surface area contributed by atoms with Crippen LogP contribution in [0.2, 0.25) is 0 Å². The van der Waals surface area contributed by atoms with Gasteiger partial charge in [-0.15, -0.1) is 0 Å². The van der Waals surface area contributed by atoms with E-state index in [4.69, 9.17) is 10.5 Å². The van der Waals surface area contributed by atoms with Gasteiger partial charge in [0.05, 0.1) is 12.3 Å². The average molecular weight is 289 g/mol. The summed E-state index contributed by atoms with van der Waals surface area (Å²) in [6.45, 7) is 5.25. The first-order chi connectivity index (χ1) is 10.3. The number of nitrogen functional groups attached to an aromatic ring is 1. The van der Waals surface area contributed by atoms with Gasteiger partial charge in [0.1, 0.15) is 5.82 Å². The third kappa shape index (κ3) is 3.80. The molecule has 2 N–H and O–H groups in total. The van der Waals surface area contributed by atoms with Crippen molar-refractivity contribution in [2.24, 2.45) is 11.8 Å². The van der Waals surface area contributed by atoms with Crippen LogP contribution in [-0.4, -0.2) is 24.7 Å². The molecular formula is C17H27N3O. The lowest BCUT2D eigenvalue weighted by atomic mass is 9.98. The molecule has 0 aromatic carbocycles. The van der Waals surface area contributed by atoms with Gasteiger partial charge in [-0.1, -0.05) is 13.3 Å². The van der Waals surface area contributed by atoms with E-state index in [1.807, 2.05) is 12.1 Å². The van der Waals surface area contributed by atoms with Crippen LogP contribution in [0.3, 0.4) is 0 Å². The van der Waals surface area contributed by atoms with Crippen LogP contribution in [0.15, 0.2) is 12.1 Å². The topological polar surface area (TPSA) is 51.4 Å². The maximum absolute atomic E-state index is 5.99. The molecule has 1 aliphatic carbocycles. The van der Waals surface area contributed by atoms with Crippen molar-refractivity contribution in [1.29, 1.82) is 0 Å². The van der Waals surface area contributed by atoms with Crippen molar-refractivity contribution in [3.63, 3.8) is 0 Å². The van der Waals surface area contributed by atoms with Gasteiger partial charge in [-0.25, -0.2) is 0 Å². The number of nitrogens with zero attached hydrogens (tertiary/aromatic N) is 2. The Morgan fingerprint density at radius 1 is 1.19 bits per heavy atom. The molecule has 0 spiro atoms. The summed E-state index contributed by atoms with van der Waals surface area (Å²) in [4.78, 5) is 7.05. The number of hydrogen-bond acceptors (Lipinski definition) is 4. The van der Waals surface area contributed by atoms with E-state index in [0.717, 1.165) is 37.4 Å². The second-order valence-corrected chi connectivity index (χ2v) is 6.51. The van der Waals surface area contributed by atoms with E-state index < -0.39 is 0 Å². The highest BCUT2D eigenvalue weighted by Gasteiger charge is 2.23. The molecule has 1 saturated heterocycles. The normalized spacial score (nSPS) is 22.9. The second kappa shape index (κ2) is 6.54. The van der Waals surface area contributed by atoms with Gasteiger partial charge in [0.2, 0.25) is 5.88 Å². The molecule has 1 aromatic rings. The average Bonchev–Trinajstić information content (AvgIpc) is 3.33. The first-order valence-electron chi connectivity index (χ1n) is 8.40. The number of nitrogens with two attached hydrogens (primary N) is 1. The second-order valence-electron chi connectivity index (χ2n) is 6.51. The number of ether oxygens (including phenoxy) is 1. The zero-order valence-corrected chi connectivity index (χ0v) is 13.1. The summed E-state index contributed by atoms with van der Waals surface area (Å²) in [5.41, 5.74) is 6.65. The summed E-state index contributed by atoms with van der Waals surface area (Å²) in [6.07, 6.45) is 7.71. The van der Waals surface area contributed by atoms with Crippen LogP contribution in [-0.2, 0) is 0 Å². The Kier molecular flexibility index (Phi) is 4.51. The Labute approximate surface area is 127 Å². The van der Waals surface area contributed by atoms with E-state index in [1.54, 1.807) is 0 Å². The third-order valence-electron chi connectivity index (χ3n) is 4.78. The molecule has 1 unspecified atom stereocenters. The van der Waals surface area contributed by atoms with E-state index in [0.29, 0.717) is 11.6 Å². The summed E-state index contributed by atoms with van der Waals surface area (Å²) >= 11 is 0. The first-order valence-corrected chi connectivity index (χ1v) is 8.40. The van der Waals surface area contributed by atoms with E-state index in [-0.39, 0.29) is 0 Å². The fourth-order valence-electron chi connectivity index (χ4n) is 3.02. The lowest BCUT2D eigenvalue weighted by Crippen LogP contribution is -2.25. The predicted molar refractivity (Wildman–Crippen MR) is 86.7 cm³/mol. The Morgan fingerprint density at radius 2 is 2.05 bits per heavy atom. The lowest BCUT2D eigenvalue weighted by molar-refractivity contribution is 0.290. The molecule has 1 saturated carbocycles. The molecule has 4 heteroatoms. The fourth-order valence-corrected chi connectivity index (χ4v) is 3.02. The van der Waals surface area contributed by atoms with Crippen molar-refractivity contribution < 1.29 is 4.74 Å². The van der Waals surface area contributed by atoms with Crippen molar-refractivity contribution in [3.8, 4) is 5.88 Å². The molecule has 3 rings (SSSR count). The molecule has 1 atom stereocenters. The van der Waals surface area contributed by atoms with Crippen LogP contribution in [0.1, 0.15) is 45.4 Å². The molecule has 2 fully saturated rings. The summed E-state index contributed by atoms with van der Waals surface area (Å²) in [7, 11) is 0. The Bertz CT molecular complexity index is 473. The van der Waals surface area contributed by atoms with E-state index in [2.05, 4.69) is 16.8 Å². The first kappa shape index (κ1) is 14.5. The minimum atomic E-state index is 0.621. The zero-order chi connectivity index (χ0) is 14.7. The van der Waals surface area contributed by atoms with Gasteiger partial charge in [-0.05, 0) is 56.1 Å². The SMILES string of the molecule is CCC1CCCN(c2ccc(N)c(OCC3CC3)n2)CC1. The van der Waals surface area contributed by atoms with Gasteiger partial charge < -0.3 is 15.4 Å². The van der Waals surface area contributed by atoms with Crippen molar-refractivity contribution in [2.75, 3.05) is 30.3 Å². The van der Waals surface area contributed by atoms with Gasteiger partial charge >= 0.3 is 0 Å². The van der Waals surface area contributed by atoms with Crippen LogP contribution < -0.4 is 15.4 Å². The molecule has 0 bridgehead atoms. The molecule has 1 aliphatic heterocycles. The number of anilines is 2. The summed E-state index contributed by atoms with van der Waals surface area (Å²) in [6, 6.07) is 3.97. The highest BCUT2D eigenvalue weighted by molar-refractivity contribution is 5.54. The smallest absolute Gasteiger partial charge is 0.239 e. The number of rotatable bonds is 5. The number of aromatic nitrogens is 1. The van der Waals surface area contributed by atoms with Crippen LogP contribution >= 0.6 is 0 Å². The molecule has 2 aliphatic rings. The summed E-state index contributed by atoms with van der Waals surface area (Å²) < 4.78 is 5.80. The monoisotopic (exact) mass is 289 g/mol. The maximum atomic E-state index is 5.99. The van der Waals surface area contributed by atoms with Crippen molar-refractivity contribution >= 4 is 11.5 Å². The Hall–Kier alpha value is -1.45. The van der Waals surface area contributed by atoms with Crippen LogP contribution in [0, 0.1) is 11.8 Å². The highest BCUT2D eigenvalue weighted by atomic mass is 16.5. The standard InChI is InChI=1S/C17H27N3O/c1-2-13-4-3-10-20(11-9-13)16-8-7-15(18)17(19-16)21-12-14-5-6-14/h7-8,13-14H,2-6,9-12,18H2,1H3. The predicted octanol–water partition coefficient (Wildman–Crippen LogP) is 3.47. The third-order valence-corrected chi connectivity index (χ3v) is 4.78. The van der Waals surface area contributed by atoms with Gasteiger partial charge in [0, 0.05) is 13.1 Å². The van der Waals surface area contributed by atoms with Gasteiger partial charge in [0.15, 0.2) is 0 Å². The molecule has 0 radical (unpaired) electrons. The van der Waals surface area contributed by atoms with Gasteiger partial charge in [-0.3, -0.25) is 0 Å². The van der Waals surface area contributed by atoms with Crippen molar-refractivity contribution in [2.45, 2.75) is 45.4 Å². The van der Waals surface area contributed by atoms with Gasteiger partial charge in [-0.2, -0.15) is 4.98 Å². The minimum Gasteiger partial charge on any atom is -0.476 e. The number of hydrogen-bond donors (Lipinski definition) is 1. The molecule has 1 aromatic heterocycles. The quantitative estimate of drug-likeness (QED) is 0.901. The van der Waals surface area contributed by atoms with E-state index >= 15 is 0 Å². The zero-order valence-electron chi connectivity index (χ0n) is 13.1. The fraction of sp³-hybridized carbons (Fsp3) is 0.706. The summed E-state index contributed by atoms with van der Waals surface area (Å²) in [5.74, 6) is 3.23. The highest BCUT2D eigenvalue weighted by Crippen LogP contribution is 2.31. The molecular weight excluding hydrogens is 262 g/mol. The Morgan fingerprint density at radius 3 is 2.81 bits per heavy atom. The summed E-state index contributed by atoms with van der Waals surface area (Å²) in [5, 5.41) is 0. The van der Waals surface area contributed by atoms with Crippen LogP contribution in [0.4, 0.5) is 11.5 Å². The van der Waals surface area contributed by atoms with E-state index in [1.165, 1.54) is 38.5 Å². The number of pyridine rings is 1. The minimum absolute atomic E-state index is 0.621. The van der Waals surface area contributed by atoms with E-state index in [9.17, 15) is 0 Å². The molecule has 4 nitrogen and oxygen atoms in total. The van der Waals surface area contributed by atoms with Crippen molar-refractivity contribution in [1.82, 2.24) is 4.98 Å². The van der Waals surface area contributed by atoms with Crippen LogP contribution in [0.25, 0.3) is 0 Å². The molecule has 2 heterocycles. The molecule has 116 valence electrons. The van der Waals surface area contributed by atoms with Crippen LogP contribution in [0.5, 0.6) is 5.88 Å². The molecule has 0 amide bonds. The van der Waals surface area contributed by atoms with Gasteiger partial charge in [0.25, 0.3) is 0 Å².